The van der Waals surface area contributed by atoms with Gasteiger partial charge in [-0.3, -0.25) is 4.79 Å². The molecule has 110 valence electrons. The minimum absolute atomic E-state index is 0.150. The van der Waals surface area contributed by atoms with E-state index in [-0.39, 0.29) is 5.91 Å². The summed E-state index contributed by atoms with van der Waals surface area (Å²) in [7, 11) is 3.37. The van der Waals surface area contributed by atoms with E-state index >= 15 is 0 Å². The topological polar surface area (TPSA) is 73.4 Å². The number of rotatable bonds is 6. The van der Waals surface area contributed by atoms with Gasteiger partial charge in [0.1, 0.15) is 21.5 Å². The van der Waals surface area contributed by atoms with Crippen LogP contribution >= 0.6 is 11.3 Å². The van der Waals surface area contributed by atoms with Gasteiger partial charge in [0, 0.05) is 27.2 Å². The van der Waals surface area contributed by atoms with E-state index in [0.717, 1.165) is 30.9 Å². The number of nitrogens with two attached hydrogens (primary N) is 1. The van der Waals surface area contributed by atoms with Crippen molar-refractivity contribution in [1.82, 2.24) is 4.90 Å². The van der Waals surface area contributed by atoms with E-state index in [1.165, 1.54) is 16.2 Å². The van der Waals surface area contributed by atoms with Gasteiger partial charge in [-0.1, -0.05) is 13.8 Å². The number of anilines is 2. The Morgan fingerprint density at radius 2 is 1.85 bits per heavy atom. The number of carbonyl (C=O) groups excluding carboxylic acids is 1. The number of thiophene rings is 1. The molecule has 0 saturated carbocycles. The molecule has 0 saturated heterocycles. The van der Waals surface area contributed by atoms with Crippen LogP contribution in [0, 0.1) is 11.3 Å². The average Bonchev–Trinajstić information content (AvgIpc) is 2.74. The summed E-state index contributed by atoms with van der Waals surface area (Å²) in [6.45, 7) is 5.91. The second-order valence-electron chi connectivity index (χ2n) is 4.82. The number of nitrogen functional groups attached to an aromatic ring is 1. The van der Waals surface area contributed by atoms with Crippen molar-refractivity contribution >= 4 is 27.9 Å². The maximum atomic E-state index is 12.1. The van der Waals surface area contributed by atoms with Crippen LogP contribution in [0.25, 0.3) is 0 Å². The molecule has 0 atom stereocenters. The Morgan fingerprint density at radius 3 is 2.25 bits per heavy atom. The number of hydrogen-bond donors (Lipinski definition) is 1. The fourth-order valence-electron chi connectivity index (χ4n) is 1.98. The number of carbonyl (C=O) groups is 1. The lowest BCUT2D eigenvalue weighted by Gasteiger charge is -2.22. The summed E-state index contributed by atoms with van der Waals surface area (Å²) >= 11 is 1.32. The predicted octanol–water partition coefficient (Wildman–Crippen LogP) is 2.53. The molecule has 1 rings (SSSR count). The van der Waals surface area contributed by atoms with E-state index in [4.69, 9.17) is 5.73 Å². The smallest absolute Gasteiger partial charge is 0.265 e. The predicted molar refractivity (Wildman–Crippen MR) is 84.3 cm³/mol. The summed E-state index contributed by atoms with van der Waals surface area (Å²) in [6, 6.07) is 2.15. The molecule has 1 aromatic heterocycles. The van der Waals surface area contributed by atoms with Crippen LogP contribution < -0.4 is 10.6 Å². The molecule has 6 heteroatoms. The Balaban J connectivity index is 3.29. The van der Waals surface area contributed by atoms with Crippen LogP contribution in [0.1, 0.15) is 41.9 Å². The van der Waals surface area contributed by atoms with Crippen molar-refractivity contribution < 1.29 is 4.79 Å². The van der Waals surface area contributed by atoms with Crippen molar-refractivity contribution in [2.45, 2.75) is 26.7 Å². The first-order valence-corrected chi connectivity index (χ1v) is 7.58. The lowest BCUT2D eigenvalue weighted by Crippen LogP contribution is -2.24. The molecule has 20 heavy (non-hydrogen) atoms. The van der Waals surface area contributed by atoms with Crippen molar-refractivity contribution in [3.63, 3.8) is 0 Å². The first-order valence-electron chi connectivity index (χ1n) is 6.76. The quantitative estimate of drug-likeness (QED) is 0.875. The molecule has 0 aromatic carbocycles. The Bertz CT molecular complexity index is 510. The van der Waals surface area contributed by atoms with Gasteiger partial charge < -0.3 is 15.5 Å². The second-order valence-corrected chi connectivity index (χ2v) is 5.82. The van der Waals surface area contributed by atoms with Crippen molar-refractivity contribution in [3.8, 4) is 6.07 Å². The highest BCUT2D eigenvalue weighted by Gasteiger charge is 2.24. The largest absolute Gasteiger partial charge is 0.396 e. The molecule has 0 aliphatic heterocycles. The Hall–Kier alpha value is -1.74. The molecule has 0 aliphatic rings. The normalized spacial score (nSPS) is 10.2. The highest BCUT2D eigenvalue weighted by atomic mass is 32.1. The van der Waals surface area contributed by atoms with E-state index in [1.807, 2.05) is 0 Å². The molecular formula is C14H22N4OS. The van der Waals surface area contributed by atoms with Gasteiger partial charge in [-0.2, -0.15) is 5.26 Å². The molecule has 0 spiro atoms. The van der Waals surface area contributed by atoms with E-state index in [1.54, 1.807) is 14.1 Å². The summed E-state index contributed by atoms with van der Waals surface area (Å²) in [6.07, 6.45) is 1.97. The van der Waals surface area contributed by atoms with Gasteiger partial charge >= 0.3 is 0 Å². The lowest BCUT2D eigenvalue weighted by molar-refractivity contribution is 0.0833. The van der Waals surface area contributed by atoms with Crippen molar-refractivity contribution in [3.05, 3.63) is 10.4 Å². The molecule has 0 aliphatic carbocycles. The monoisotopic (exact) mass is 294 g/mol. The maximum absolute atomic E-state index is 12.1. The molecular weight excluding hydrogens is 272 g/mol. The summed E-state index contributed by atoms with van der Waals surface area (Å²) in [5.74, 6) is -0.150. The SMILES string of the molecule is CCCN(CCC)c1sc(C(=O)N(C)C)c(N)c1C#N. The van der Waals surface area contributed by atoms with Crippen LogP contribution in [0.15, 0.2) is 0 Å². The van der Waals surface area contributed by atoms with Crippen LogP contribution in [0.4, 0.5) is 10.7 Å². The third kappa shape index (κ3) is 3.23. The van der Waals surface area contributed by atoms with E-state index in [0.29, 0.717) is 16.1 Å². The summed E-state index contributed by atoms with van der Waals surface area (Å²) < 4.78 is 0. The zero-order valence-corrected chi connectivity index (χ0v) is 13.4. The van der Waals surface area contributed by atoms with Crippen LogP contribution in [0.5, 0.6) is 0 Å². The van der Waals surface area contributed by atoms with Gasteiger partial charge in [0.15, 0.2) is 0 Å². The fraction of sp³-hybridized carbons (Fsp3) is 0.571. The van der Waals surface area contributed by atoms with Gasteiger partial charge in [-0.05, 0) is 12.8 Å². The zero-order valence-electron chi connectivity index (χ0n) is 12.6. The highest BCUT2D eigenvalue weighted by molar-refractivity contribution is 7.19. The average molecular weight is 294 g/mol. The van der Waals surface area contributed by atoms with Crippen LogP contribution in [0.2, 0.25) is 0 Å². The molecule has 0 radical (unpaired) electrons. The molecule has 0 unspecified atom stereocenters. The minimum Gasteiger partial charge on any atom is -0.396 e. The van der Waals surface area contributed by atoms with Crippen molar-refractivity contribution in [2.75, 3.05) is 37.8 Å². The van der Waals surface area contributed by atoms with Gasteiger partial charge in [0.2, 0.25) is 0 Å². The fourth-order valence-corrected chi connectivity index (χ4v) is 3.22. The Kier molecular flexibility index (Phi) is 5.83. The second kappa shape index (κ2) is 7.15. The van der Waals surface area contributed by atoms with Crippen molar-refractivity contribution in [2.24, 2.45) is 0 Å². The Morgan fingerprint density at radius 1 is 1.30 bits per heavy atom. The highest BCUT2D eigenvalue weighted by Crippen LogP contribution is 2.38. The summed E-state index contributed by atoms with van der Waals surface area (Å²) in [4.78, 5) is 16.2. The third-order valence-corrected chi connectivity index (χ3v) is 4.17. The molecule has 1 amide bonds. The van der Waals surface area contributed by atoms with Gasteiger partial charge in [-0.25, -0.2) is 0 Å². The molecule has 1 heterocycles. The molecule has 5 nitrogen and oxygen atoms in total. The van der Waals surface area contributed by atoms with Crippen molar-refractivity contribution in [1.29, 1.82) is 5.26 Å². The van der Waals surface area contributed by atoms with Gasteiger partial charge in [0.05, 0.1) is 5.69 Å². The summed E-state index contributed by atoms with van der Waals surface area (Å²) in [5, 5.41) is 10.2. The molecule has 2 N–H and O–H groups in total. The van der Waals surface area contributed by atoms with E-state index < -0.39 is 0 Å². The minimum atomic E-state index is -0.150. The van der Waals surface area contributed by atoms with Gasteiger partial charge in [-0.15, -0.1) is 11.3 Å². The number of hydrogen-bond acceptors (Lipinski definition) is 5. The molecule has 0 fully saturated rings. The van der Waals surface area contributed by atoms with Gasteiger partial charge in [0.25, 0.3) is 5.91 Å². The first-order chi connectivity index (χ1) is 9.47. The first kappa shape index (κ1) is 16.3. The standard InChI is InChI=1S/C14H22N4OS/c1-5-7-18(8-6-2)14-10(9-15)11(16)12(20-14)13(19)17(3)4/h5-8,16H2,1-4H3. The van der Waals surface area contributed by atoms with Crippen LogP contribution in [-0.4, -0.2) is 38.0 Å². The molecule has 1 aromatic rings. The Labute approximate surface area is 124 Å². The number of amides is 1. The van der Waals surface area contributed by atoms with Crippen LogP contribution in [0.3, 0.4) is 0 Å². The third-order valence-electron chi connectivity index (χ3n) is 2.91. The van der Waals surface area contributed by atoms with Crippen LogP contribution in [-0.2, 0) is 0 Å². The lowest BCUT2D eigenvalue weighted by atomic mass is 10.2. The number of nitriles is 1. The zero-order chi connectivity index (χ0) is 15.3. The number of nitrogens with zero attached hydrogens (tertiary/aromatic N) is 3. The molecule has 0 bridgehead atoms. The maximum Gasteiger partial charge on any atom is 0.265 e. The van der Waals surface area contributed by atoms with E-state index in [9.17, 15) is 10.1 Å². The van der Waals surface area contributed by atoms with E-state index in [2.05, 4.69) is 24.8 Å². The summed E-state index contributed by atoms with van der Waals surface area (Å²) in [5.41, 5.74) is 6.74.